The van der Waals surface area contributed by atoms with Crippen LogP contribution in [0, 0.1) is 36.0 Å². The Hall–Kier alpha value is -6.57. The number of hydrogen-bond donors (Lipinski definition) is 1. The van der Waals surface area contributed by atoms with Gasteiger partial charge in [0, 0.05) is 45.9 Å². The number of ether oxygens (including phenoxy) is 1. The molecule has 14 heteroatoms. The third-order valence-electron chi connectivity index (χ3n) is 13.7. The molecule has 7 aromatic rings. The molecule has 0 radical (unpaired) electrons. The Bertz CT molecular complexity index is 3100. The van der Waals surface area contributed by atoms with Gasteiger partial charge in [0.15, 0.2) is 5.58 Å². The van der Waals surface area contributed by atoms with Gasteiger partial charge in [0.2, 0.25) is 29.5 Å². The Morgan fingerprint density at radius 1 is 0.919 bits per heavy atom. The van der Waals surface area contributed by atoms with Gasteiger partial charge in [-0.2, -0.15) is 5.10 Å². The van der Waals surface area contributed by atoms with Crippen LogP contribution in [0.2, 0.25) is 5.02 Å². The summed E-state index contributed by atoms with van der Waals surface area (Å²) < 4.78 is 14.4. The summed E-state index contributed by atoms with van der Waals surface area (Å²) >= 11 is 7.91. The first-order valence-corrected chi connectivity index (χ1v) is 21.6. The number of amides is 4. The Morgan fingerprint density at radius 3 is 2.48 bits per heavy atom. The van der Waals surface area contributed by atoms with Crippen LogP contribution < -0.4 is 14.5 Å². The molecular formula is C48H38ClN5O7S. The Kier molecular flexibility index (Phi) is 8.49. The molecule has 1 N–H and O–H groups in total. The van der Waals surface area contributed by atoms with Gasteiger partial charge >= 0.3 is 0 Å². The first-order valence-electron chi connectivity index (χ1n) is 20.4. The van der Waals surface area contributed by atoms with E-state index in [2.05, 4.69) is 4.98 Å². The number of para-hydroxylation sites is 2. The number of halogens is 1. The third-order valence-corrected chi connectivity index (χ3v) is 15.2. The number of anilines is 2. The van der Waals surface area contributed by atoms with Crippen molar-refractivity contribution >= 4 is 79.3 Å². The number of rotatable bonds is 6. The van der Waals surface area contributed by atoms with Gasteiger partial charge in [-0.15, -0.1) is 11.3 Å². The third kappa shape index (κ3) is 5.37. The maximum atomic E-state index is 15.3. The maximum absolute atomic E-state index is 15.3. The minimum atomic E-state index is -1.34. The predicted octanol–water partition coefficient (Wildman–Crippen LogP) is 9.22. The highest BCUT2D eigenvalue weighted by atomic mass is 35.5. The second-order valence-corrected chi connectivity index (χ2v) is 18.3. The lowest BCUT2D eigenvalue weighted by Gasteiger charge is -2.49. The van der Waals surface area contributed by atoms with E-state index in [4.69, 9.17) is 25.9 Å². The van der Waals surface area contributed by atoms with Gasteiger partial charge in [0.25, 0.3) is 0 Å². The van der Waals surface area contributed by atoms with Crippen LogP contribution in [0.3, 0.4) is 0 Å². The van der Waals surface area contributed by atoms with Gasteiger partial charge in [0.05, 0.1) is 40.8 Å². The summed E-state index contributed by atoms with van der Waals surface area (Å²) in [6.45, 7) is 3.83. The van der Waals surface area contributed by atoms with E-state index in [1.54, 1.807) is 59.5 Å². The largest absolute Gasteiger partial charge is 0.508 e. The molecule has 11 rings (SSSR count). The number of phenols is 1. The standard InChI is InChI=1S/C48H38ClN5O7S/c1-23-31-19-25(49)11-18-38(31)62-42(23)35-22-39(52(3)51-35)54-45(57)33-21-32-28(41(48(33,2)47(54)59)29-15-14-27(55)20-37(29)60-4)16-17-30-40(32)46(58)53(44(30)56)26-12-9-24(10-13-26)43-50-34-7-5-6-8-36(34)61-43/h5-16,18-20,22,30,32-33,40-41,55H,17,21H2,1-4H3. The molecule has 0 spiro atoms. The van der Waals surface area contributed by atoms with E-state index < -0.39 is 46.8 Å². The van der Waals surface area contributed by atoms with Crippen LogP contribution in [-0.4, -0.2) is 50.6 Å². The average Bonchev–Trinajstić information content (AvgIpc) is 4.05. The van der Waals surface area contributed by atoms with Crippen molar-refractivity contribution in [2.24, 2.45) is 36.1 Å². The molecule has 310 valence electrons. The number of allylic oxidation sites excluding steroid dienone is 2. The minimum absolute atomic E-state index is 0.0247. The number of imide groups is 2. The van der Waals surface area contributed by atoms with E-state index in [1.807, 2.05) is 62.4 Å². The zero-order chi connectivity index (χ0) is 42.9. The van der Waals surface area contributed by atoms with Gasteiger partial charge in [-0.1, -0.05) is 41.4 Å². The molecule has 2 aliphatic carbocycles. The monoisotopic (exact) mass is 863 g/mol. The van der Waals surface area contributed by atoms with Crippen LogP contribution >= 0.6 is 22.9 Å². The lowest BCUT2D eigenvalue weighted by Crippen LogP contribution is -2.49. The zero-order valence-corrected chi connectivity index (χ0v) is 35.5. The minimum Gasteiger partial charge on any atom is -0.508 e. The molecule has 2 saturated heterocycles. The molecule has 0 bridgehead atoms. The van der Waals surface area contributed by atoms with Crippen molar-refractivity contribution in [3.8, 4) is 33.5 Å². The van der Waals surface area contributed by atoms with Crippen molar-refractivity contribution in [3.05, 3.63) is 119 Å². The fourth-order valence-electron chi connectivity index (χ4n) is 10.7. The van der Waals surface area contributed by atoms with E-state index >= 15 is 9.59 Å². The number of aryl methyl sites for hydroxylation is 2. The van der Waals surface area contributed by atoms with Crippen LogP contribution in [0.15, 0.2) is 107 Å². The quantitative estimate of drug-likeness (QED) is 0.128. The van der Waals surface area contributed by atoms with E-state index in [9.17, 15) is 14.7 Å². The van der Waals surface area contributed by atoms with Crippen molar-refractivity contribution < 1.29 is 33.4 Å². The van der Waals surface area contributed by atoms with Crippen LogP contribution in [0.25, 0.3) is 43.2 Å². The lowest BCUT2D eigenvalue weighted by molar-refractivity contribution is -0.131. The van der Waals surface area contributed by atoms with Gasteiger partial charge in [-0.25, -0.2) is 9.88 Å². The fourth-order valence-corrected chi connectivity index (χ4v) is 12.1. The van der Waals surface area contributed by atoms with Crippen LogP contribution in [-0.2, 0) is 26.2 Å². The first-order chi connectivity index (χ1) is 29.9. The second-order valence-electron chi connectivity index (χ2n) is 16.8. The number of carbonyl (C=O) groups is 4. The van der Waals surface area contributed by atoms with Gasteiger partial charge in [0.1, 0.15) is 28.5 Å². The number of phenolic OH excluding ortho intramolecular Hbond substituents is 1. The normalized spacial score (nSPS) is 24.5. The molecular weight excluding hydrogens is 826 g/mol. The number of carbonyl (C=O) groups excluding carboxylic acids is 4. The number of nitrogens with zero attached hydrogens (tertiary/aromatic N) is 5. The number of oxazole rings is 1. The van der Waals surface area contributed by atoms with Crippen molar-refractivity contribution in [2.75, 3.05) is 16.9 Å². The molecule has 4 amide bonds. The summed E-state index contributed by atoms with van der Waals surface area (Å²) in [4.78, 5) is 67.5. The van der Waals surface area contributed by atoms with Crippen molar-refractivity contribution in [2.45, 2.75) is 32.6 Å². The van der Waals surface area contributed by atoms with E-state index in [1.165, 1.54) is 29.0 Å². The summed E-state index contributed by atoms with van der Waals surface area (Å²) in [7, 11) is 3.21. The molecule has 3 aromatic heterocycles. The summed E-state index contributed by atoms with van der Waals surface area (Å²) in [5.41, 5.74) is 4.17. The molecule has 6 unspecified atom stereocenters. The molecule has 5 heterocycles. The summed E-state index contributed by atoms with van der Waals surface area (Å²) in [5, 5.41) is 17.0. The topological polar surface area (TPSA) is 148 Å². The molecule has 4 aromatic carbocycles. The molecule has 6 atom stereocenters. The zero-order valence-electron chi connectivity index (χ0n) is 34.0. The Morgan fingerprint density at radius 2 is 1.71 bits per heavy atom. The van der Waals surface area contributed by atoms with E-state index in [0.717, 1.165) is 31.6 Å². The molecule has 4 aliphatic rings. The summed E-state index contributed by atoms with van der Waals surface area (Å²) in [5.74, 6) is -4.01. The van der Waals surface area contributed by atoms with Gasteiger partial charge < -0.3 is 14.3 Å². The van der Waals surface area contributed by atoms with E-state index in [0.29, 0.717) is 50.6 Å². The number of aromatic nitrogens is 3. The van der Waals surface area contributed by atoms with Gasteiger partial charge in [-0.3, -0.25) is 28.8 Å². The number of fused-ring (bicyclic) bond motifs is 6. The summed E-state index contributed by atoms with van der Waals surface area (Å²) in [6.07, 6.45) is 2.44. The Balaban J connectivity index is 0.977. The summed E-state index contributed by atoms with van der Waals surface area (Å²) in [6, 6.07) is 26.8. The SMILES string of the molecule is COc1cc(O)ccc1C1C2=CCC3C(=O)N(c4ccc(-c5nc6ccccc6o5)cc4)C(=O)C3C2CC2C(=O)N(c3cc(-c4sc5ccc(Cl)cc5c4C)nn3C)C(=O)C21C. The fraction of sp³-hybridized carbons (Fsp3) is 0.250. The highest BCUT2D eigenvalue weighted by molar-refractivity contribution is 7.22. The number of methoxy groups -OCH3 is 1. The number of thiophene rings is 1. The molecule has 1 saturated carbocycles. The molecule has 2 aliphatic heterocycles. The number of aromatic hydroxyl groups is 1. The van der Waals surface area contributed by atoms with E-state index in [-0.39, 0.29) is 30.4 Å². The maximum Gasteiger partial charge on any atom is 0.242 e. The van der Waals surface area contributed by atoms with Gasteiger partial charge in [-0.05, 0) is 104 Å². The smallest absolute Gasteiger partial charge is 0.242 e. The number of benzene rings is 4. The molecule has 62 heavy (non-hydrogen) atoms. The Labute approximate surface area is 364 Å². The highest BCUT2D eigenvalue weighted by Gasteiger charge is 2.68. The van der Waals surface area contributed by atoms with Crippen molar-refractivity contribution in [1.82, 2.24) is 14.8 Å². The molecule has 3 fully saturated rings. The van der Waals surface area contributed by atoms with Crippen molar-refractivity contribution in [3.63, 3.8) is 0 Å². The predicted molar refractivity (Wildman–Crippen MR) is 235 cm³/mol. The van der Waals surface area contributed by atoms with Crippen LogP contribution in [0.4, 0.5) is 11.5 Å². The van der Waals surface area contributed by atoms with Crippen molar-refractivity contribution in [1.29, 1.82) is 0 Å². The lowest BCUT2D eigenvalue weighted by atomic mass is 9.51. The highest BCUT2D eigenvalue weighted by Crippen LogP contribution is 2.65. The van der Waals surface area contributed by atoms with Crippen LogP contribution in [0.5, 0.6) is 11.5 Å². The second kappa shape index (κ2) is 13.7. The van der Waals surface area contributed by atoms with Crippen LogP contribution in [0.1, 0.15) is 36.8 Å². The number of hydrogen-bond acceptors (Lipinski definition) is 10. The molecule has 12 nitrogen and oxygen atoms in total. The first kappa shape index (κ1) is 38.4. The average molecular weight is 864 g/mol.